The highest BCUT2D eigenvalue weighted by Crippen LogP contribution is 2.68. The number of carbonyl (C=O) groups excluding carboxylic acids is 2. The van der Waals surface area contributed by atoms with E-state index in [2.05, 4.69) is 34.6 Å². The van der Waals surface area contributed by atoms with Crippen molar-refractivity contribution in [2.24, 2.45) is 52.3 Å². The highest BCUT2D eigenvalue weighted by atomic mass is 16.5. The molecule has 0 spiro atoms. The summed E-state index contributed by atoms with van der Waals surface area (Å²) in [5, 5.41) is 0. The van der Waals surface area contributed by atoms with Crippen LogP contribution in [0.1, 0.15) is 121 Å². The van der Waals surface area contributed by atoms with E-state index in [-0.39, 0.29) is 29.5 Å². The molecule has 222 valence electrons. The van der Waals surface area contributed by atoms with Gasteiger partial charge < -0.3 is 9.47 Å². The fourth-order valence-electron chi connectivity index (χ4n) is 10.5. The van der Waals surface area contributed by atoms with Crippen molar-refractivity contribution in [3.8, 4) is 0 Å². The number of esters is 1. The smallest absolute Gasteiger partial charge is 0.338 e. The van der Waals surface area contributed by atoms with Gasteiger partial charge in [-0.25, -0.2) is 4.79 Å². The summed E-state index contributed by atoms with van der Waals surface area (Å²) in [6.07, 6.45) is 12.9. The summed E-state index contributed by atoms with van der Waals surface area (Å²) in [7, 11) is 0. The van der Waals surface area contributed by atoms with Gasteiger partial charge in [-0.05, 0) is 117 Å². The zero-order valence-corrected chi connectivity index (χ0v) is 26.0. The van der Waals surface area contributed by atoms with Crippen LogP contribution in [-0.4, -0.2) is 24.6 Å². The lowest BCUT2D eigenvalue weighted by molar-refractivity contribution is -0.186. The third kappa shape index (κ3) is 5.50. The van der Waals surface area contributed by atoms with E-state index in [1.54, 1.807) is 0 Å². The third-order valence-electron chi connectivity index (χ3n) is 12.6. The van der Waals surface area contributed by atoms with Gasteiger partial charge in [0.25, 0.3) is 6.47 Å². The molecule has 0 heterocycles. The molecule has 0 N–H and O–H groups in total. The summed E-state index contributed by atoms with van der Waals surface area (Å²) >= 11 is 0. The monoisotopic (exact) mass is 550 g/mol. The minimum Gasteiger partial charge on any atom is -0.464 e. The molecule has 4 fully saturated rings. The van der Waals surface area contributed by atoms with E-state index in [0.29, 0.717) is 29.3 Å². The van der Waals surface area contributed by atoms with Gasteiger partial charge in [0.1, 0.15) is 12.2 Å². The Morgan fingerprint density at radius 1 is 0.925 bits per heavy atom. The fourth-order valence-corrected chi connectivity index (χ4v) is 10.5. The van der Waals surface area contributed by atoms with Gasteiger partial charge in [0.05, 0.1) is 5.56 Å². The molecule has 0 amide bonds. The zero-order valence-electron chi connectivity index (χ0n) is 26.0. The van der Waals surface area contributed by atoms with Crippen LogP contribution in [0.3, 0.4) is 0 Å². The van der Waals surface area contributed by atoms with Crippen molar-refractivity contribution in [3.05, 3.63) is 35.4 Å². The average Bonchev–Trinajstić information content (AvgIpc) is 3.27. The summed E-state index contributed by atoms with van der Waals surface area (Å²) in [6.45, 7) is 15.0. The van der Waals surface area contributed by atoms with Gasteiger partial charge >= 0.3 is 5.97 Å². The lowest BCUT2D eigenvalue weighted by Gasteiger charge is -2.62. The van der Waals surface area contributed by atoms with E-state index in [1.807, 2.05) is 31.2 Å². The van der Waals surface area contributed by atoms with Crippen molar-refractivity contribution in [2.75, 3.05) is 0 Å². The van der Waals surface area contributed by atoms with Crippen LogP contribution in [0.2, 0.25) is 0 Å². The topological polar surface area (TPSA) is 52.6 Å². The number of hydrogen-bond acceptors (Lipinski definition) is 4. The SMILES string of the molecule is Cc1ccc(C(=O)OC2CCC3(C)C(C2)C(OC=O)CC2C4CCC(C(C)CCCC(C)C)C4(C)CCC23)cc1. The van der Waals surface area contributed by atoms with Crippen molar-refractivity contribution in [1.29, 1.82) is 0 Å². The van der Waals surface area contributed by atoms with E-state index >= 15 is 0 Å². The molecule has 40 heavy (non-hydrogen) atoms. The highest BCUT2D eigenvalue weighted by molar-refractivity contribution is 5.89. The molecule has 10 unspecified atom stereocenters. The van der Waals surface area contributed by atoms with Crippen molar-refractivity contribution >= 4 is 12.4 Å². The Bertz CT molecular complexity index is 1030. The molecule has 5 rings (SSSR count). The van der Waals surface area contributed by atoms with Crippen molar-refractivity contribution in [1.82, 2.24) is 0 Å². The molecule has 0 radical (unpaired) electrons. The van der Waals surface area contributed by atoms with Gasteiger partial charge in [0.2, 0.25) is 0 Å². The Hall–Kier alpha value is -1.84. The van der Waals surface area contributed by atoms with Crippen LogP contribution >= 0.6 is 0 Å². The molecule has 4 aliphatic rings. The van der Waals surface area contributed by atoms with Crippen LogP contribution in [0.5, 0.6) is 0 Å². The van der Waals surface area contributed by atoms with Crippen molar-refractivity contribution < 1.29 is 19.1 Å². The van der Waals surface area contributed by atoms with E-state index in [9.17, 15) is 9.59 Å². The first-order valence-corrected chi connectivity index (χ1v) is 16.4. The zero-order chi connectivity index (χ0) is 28.7. The van der Waals surface area contributed by atoms with Crippen LogP contribution < -0.4 is 0 Å². The number of benzene rings is 1. The molecule has 4 heteroatoms. The molecular weight excluding hydrogens is 496 g/mol. The van der Waals surface area contributed by atoms with Gasteiger partial charge in [0, 0.05) is 5.92 Å². The number of aryl methyl sites for hydroxylation is 1. The van der Waals surface area contributed by atoms with Gasteiger partial charge in [-0.3, -0.25) is 4.79 Å². The summed E-state index contributed by atoms with van der Waals surface area (Å²) in [5.41, 5.74) is 2.29. The summed E-state index contributed by atoms with van der Waals surface area (Å²) < 4.78 is 12.0. The van der Waals surface area contributed by atoms with Gasteiger partial charge in [-0.15, -0.1) is 0 Å². The summed E-state index contributed by atoms with van der Waals surface area (Å²) in [6, 6.07) is 7.63. The first-order valence-electron chi connectivity index (χ1n) is 16.4. The van der Waals surface area contributed by atoms with Gasteiger partial charge in [-0.1, -0.05) is 71.6 Å². The van der Waals surface area contributed by atoms with E-state index < -0.39 is 0 Å². The quantitative estimate of drug-likeness (QED) is 0.228. The molecule has 0 aromatic heterocycles. The molecule has 0 bridgehead atoms. The molecule has 0 saturated heterocycles. The molecule has 4 nitrogen and oxygen atoms in total. The second-order valence-corrected chi connectivity index (χ2v) is 15.2. The van der Waals surface area contributed by atoms with E-state index in [0.717, 1.165) is 54.9 Å². The first kappa shape index (κ1) is 29.6. The van der Waals surface area contributed by atoms with Crippen LogP contribution in [0.25, 0.3) is 0 Å². The minimum atomic E-state index is -0.233. The van der Waals surface area contributed by atoms with Crippen LogP contribution in [0.4, 0.5) is 0 Å². The van der Waals surface area contributed by atoms with E-state index in [4.69, 9.17) is 9.47 Å². The average molecular weight is 551 g/mol. The number of ether oxygens (including phenoxy) is 2. The molecule has 1 aromatic rings. The van der Waals surface area contributed by atoms with Crippen molar-refractivity contribution in [3.63, 3.8) is 0 Å². The minimum absolute atomic E-state index is 0.0745. The normalized spacial score (nSPS) is 39.5. The largest absolute Gasteiger partial charge is 0.464 e. The second kappa shape index (κ2) is 11.8. The summed E-state index contributed by atoms with van der Waals surface area (Å²) in [4.78, 5) is 24.7. The number of rotatable bonds is 9. The predicted octanol–water partition coefficient (Wildman–Crippen LogP) is 8.79. The lowest BCUT2D eigenvalue weighted by atomic mass is 9.43. The Kier molecular flexibility index (Phi) is 8.75. The number of fused-ring (bicyclic) bond motifs is 5. The maximum absolute atomic E-state index is 12.9. The fraction of sp³-hybridized carbons (Fsp3) is 0.778. The van der Waals surface area contributed by atoms with E-state index in [1.165, 1.54) is 44.9 Å². The molecular formula is C36H54O4. The third-order valence-corrected chi connectivity index (χ3v) is 12.6. The number of hydrogen-bond donors (Lipinski definition) is 0. The maximum atomic E-state index is 12.9. The Balaban J connectivity index is 1.30. The Morgan fingerprint density at radius 3 is 2.33 bits per heavy atom. The molecule has 1 aromatic carbocycles. The lowest BCUT2D eigenvalue weighted by Crippen LogP contribution is -2.59. The summed E-state index contributed by atoms with van der Waals surface area (Å²) in [5.74, 6) is 4.45. The molecule has 0 aliphatic heterocycles. The maximum Gasteiger partial charge on any atom is 0.338 e. The Labute approximate surface area is 243 Å². The van der Waals surface area contributed by atoms with Gasteiger partial charge in [-0.2, -0.15) is 0 Å². The first-order chi connectivity index (χ1) is 19.1. The van der Waals surface area contributed by atoms with Crippen LogP contribution in [0.15, 0.2) is 24.3 Å². The van der Waals surface area contributed by atoms with Gasteiger partial charge in [0.15, 0.2) is 0 Å². The molecule has 4 aliphatic carbocycles. The van der Waals surface area contributed by atoms with Crippen LogP contribution in [-0.2, 0) is 14.3 Å². The molecule has 10 atom stereocenters. The second-order valence-electron chi connectivity index (χ2n) is 15.2. The predicted molar refractivity (Wildman–Crippen MR) is 160 cm³/mol. The standard InChI is InChI=1S/C36H54O4/c1-23(2)8-7-9-25(4)29-14-15-30-28-21-33(39-22-37)32-20-27(40-34(38)26-12-10-24(3)11-13-26)16-18-36(32,6)31(28)17-19-35(29,30)5/h10-13,22-23,25,27-33H,7-9,14-21H2,1-6H3. The van der Waals surface area contributed by atoms with Crippen LogP contribution in [0, 0.1) is 59.2 Å². The Morgan fingerprint density at radius 2 is 1.62 bits per heavy atom. The highest BCUT2D eigenvalue weighted by Gasteiger charge is 2.63. The van der Waals surface area contributed by atoms with Crippen molar-refractivity contribution in [2.45, 2.75) is 124 Å². The molecule has 4 saturated carbocycles. The number of carbonyl (C=O) groups is 2.